The molecule has 0 spiro atoms. The molecule has 2 aromatic rings. The van der Waals surface area contributed by atoms with Crippen LogP contribution in [0, 0.1) is 6.92 Å². The van der Waals surface area contributed by atoms with Gasteiger partial charge in [-0.05, 0) is 38.1 Å². The highest BCUT2D eigenvalue weighted by Crippen LogP contribution is 2.14. The van der Waals surface area contributed by atoms with Gasteiger partial charge in [-0.25, -0.2) is 4.98 Å². The first-order valence-corrected chi connectivity index (χ1v) is 6.60. The molecule has 1 aromatic heterocycles. The van der Waals surface area contributed by atoms with E-state index in [-0.39, 0.29) is 11.9 Å². The van der Waals surface area contributed by atoms with Crippen LogP contribution in [0.15, 0.2) is 36.7 Å². The third kappa shape index (κ3) is 3.03. The van der Waals surface area contributed by atoms with Crippen molar-refractivity contribution in [2.75, 3.05) is 5.32 Å². The molecule has 1 amide bonds. The first-order valence-electron chi connectivity index (χ1n) is 6.19. The van der Waals surface area contributed by atoms with Gasteiger partial charge in [0.2, 0.25) is 5.91 Å². The maximum atomic E-state index is 12.2. The Morgan fingerprint density at radius 1 is 1.40 bits per heavy atom. The van der Waals surface area contributed by atoms with Gasteiger partial charge < -0.3 is 15.6 Å². The Hall–Kier alpha value is -2.21. The third-order valence-electron chi connectivity index (χ3n) is 3.10. The van der Waals surface area contributed by atoms with Gasteiger partial charge in [-0.2, -0.15) is 0 Å². The number of thiocarbonyl (C=S) groups is 1. The number of hydrogen-bond donors (Lipinski definition) is 2. The van der Waals surface area contributed by atoms with Crippen molar-refractivity contribution < 1.29 is 4.79 Å². The summed E-state index contributed by atoms with van der Waals surface area (Å²) in [5.74, 6) is 0.700. The molecule has 1 atom stereocenters. The topological polar surface area (TPSA) is 72.9 Å². The zero-order valence-electron chi connectivity index (χ0n) is 11.3. The minimum Gasteiger partial charge on any atom is -0.389 e. The van der Waals surface area contributed by atoms with E-state index < -0.39 is 0 Å². The Morgan fingerprint density at radius 2 is 2.05 bits per heavy atom. The summed E-state index contributed by atoms with van der Waals surface area (Å²) >= 11 is 4.88. The zero-order chi connectivity index (χ0) is 14.7. The second-order valence-electron chi connectivity index (χ2n) is 4.49. The molecule has 0 bridgehead atoms. The van der Waals surface area contributed by atoms with Crippen molar-refractivity contribution >= 4 is 28.8 Å². The Kier molecular flexibility index (Phi) is 4.14. The highest BCUT2D eigenvalue weighted by atomic mass is 32.1. The lowest BCUT2D eigenvalue weighted by Gasteiger charge is -2.15. The second-order valence-corrected chi connectivity index (χ2v) is 4.93. The minimum absolute atomic E-state index is 0.103. The smallest absolute Gasteiger partial charge is 0.247 e. The molecule has 1 unspecified atom stereocenters. The normalized spacial score (nSPS) is 11.9. The molecular weight excluding hydrogens is 272 g/mol. The van der Waals surface area contributed by atoms with Crippen LogP contribution < -0.4 is 11.1 Å². The number of imidazole rings is 1. The van der Waals surface area contributed by atoms with Crippen molar-refractivity contribution in [1.29, 1.82) is 0 Å². The second kappa shape index (κ2) is 5.83. The molecule has 0 radical (unpaired) electrons. The first kappa shape index (κ1) is 14.2. The highest BCUT2D eigenvalue weighted by Gasteiger charge is 2.16. The van der Waals surface area contributed by atoms with Crippen LogP contribution in [0.25, 0.3) is 0 Å². The van der Waals surface area contributed by atoms with E-state index in [0.29, 0.717) is 10.7 Å². The number of carbonyl (C=O) groups is 1. The van der Waals surface area contributed by atoms with Crippen LogP contribution in [0.5, 0.6) is 0 Å². The number of nitrogens with two attached hydrogens (primary N) is 1. The molecule has 0 saturated carbocycles. The summed E-state index contributed by atoms with van der Waals surface area (Å²) in [4.78, 5) is 16.6. The summed E-state index contributed by atoms with van der Waals surface area (Å²) in [6.07, 6.45) is 3.46. The lowest BCUT2D eigenvalue weighted by atomic mass is 10.2. The number of rotatable bonds is 4. The summed E-state index contributed by atoms with van der Waals surface area (Å²) in [7, 11) is 0. The van der Waals surface area contributed by atoms with Crippen molar-refractivity contribution in [1.82, 2.24) is 9.55 Å². The molecule has 6 heteroatoms. The van der Waals surface area contributed by atoms with Gasteiger partial charge in [0.05, 0.1) is 0 Å². The van der Waals surface area contributed by atoms with Gasteiger partial charge in [-0.15, -0.1) is 0 Å². The van der Waals surface area contributed by atoms with E-state index in [1.807, 2.05) is 18.4 Å². The van der Waals surface area contributed by atoms with E-state index >= 15 is 0 Å². The maximum absolute atomic E-state index is 12.2. The van der Waals surface area contributed by atoms with E-state index in [9.17, 15) is 4.79 Å². The van der Waals surface area contributed by atoms with Crippen molar-refractivity contribution in [3.63, 3.8) is 0 Å². The molecule has 0 aliphatic carbocycles. The first-order chi connectivity index (χ1) is 9.49. The minimum atomic E-state index is -0.326. The average Bonchev–Trinajstić information content (AvgIpc) is 2.84. The zero-order valence-corrected chi connectivity index (χ0v) is 12.1. The third-order valence-corrected chi connectivity index (χ3v) is 3.33. The van der Waals surface area contributed by atoms with E-state index in [1.165, 1.54) is 0 Å². The molecule has 0 aliphatic rings. The summed E-state index contributed by atoms with van der Waals surface area (Å²) < 4.78 is 1.82. The predicted octanol–water partition coefficient (Wildman–Crippen LogP) is 2.03. The van der Waals surface area contributed by atoms with Crippen molar-refractivity contribution in [2.45, 2.75) is 19.9 Å². The van der Waals surface area contributed by atoms with Gasteiger partial charge in [0.15, 0.2) is 0 Å². The molecule has 3 N–H and O–H groups in total. The Labute approximate surface area is 122 Å². The van der Waals surface area contributed by atoms with Crippen LogP contribution in [0.4, 0.5) is 5.69 Å². The molecule has 104 valence electrons. The average molecular weight is 288 g/mol. The molecule has 0 fully saturated rings. The number of carbonyl (C=O) groups excluding carboxylic acids is 1. The maximum Gasteiger partial charge on any atom is 0.247 e. The lowest BCUT2D eigenvalue weighted by molar-refractivity contribution is -0.118. The van der Waals surface area contributed by atoms with Gasteiger partial charge in [0.25, 0.3) is 0 Å². The van der Waals surface area contributed by atoms with E-state index in [0.717, 1.165) is 11.4 Å². The monoisotopic (exact) mass is 288 g/mol. The molecular formula is C14H16N4OS. The number of amides is 1. The standard InChI is InChI=1S/C14H16N4OS/c1-9(18-8-7-16-10(18)2)14(19)17-12-5-3-11(4-6-12)13(15)20/h3-9H,1-2H3,(H2,15,20)(H,17,19). The highest BCUT2D eigenvalue weighted by molar-refractivity contribution is 7.80. The number of hydrogen-bond acceptors (Lipinski definition) is 3. The van der Waals surface area contributed by atoms with Crippen molar-refractivity contribution in [2.24, 2.45) is 5.73 Å². The van der Waals surface area contributed by atoms with Crippen LogP contribution in [0.1, 0.15) is 24.4 Å². The molecule has 5 nitrogen and oxygen atoms in total. The fourth-order valence-corrected chi connectivity index (χ4v) is 2.02. The summed E-state index contributed by atoms with van der Waals surface area (Å²) in [5, 5.41) is 2.85. The van der Waals surface area contributed by atoms with Gasteiger partial charge in [0.1, 0.15) is 16.9 Å². The van der Waals surface area contributed by atoms with E-state index in [2.05, 4.69) is 10.3 Å². The molecule has 1 aromatic carbocycles. The Balaban J connectivity index is 2.08. The van der Waals surface area contributed by atoms with Crippen LogP contribution in [-0.4, -0.2) is 20.4 Å². The fourth-order valence-electron chi connectivity index (χ4n) is 1.89. The van der Waals surface area contributed by atoms with Gasteiger partial charge in [-0.1, -0.05) is 12.2 Å². The Bertz CT molecular complexity index is 633. The summed E-state index contributed by atoms with van der Waals surface area (Å²) in [5.41, 5.74) is 7.01. The van der Waals surface area contributed by atoms with Gasteiger partial charge in [0, 0.05) is 23.6 Å². The summed E-state index contributed by atoms with van der Waals surface area (Å²) in [6, 6.07) is 6.79. The quantitative estimate of drug-likeness (QED) is 0.844. The number of nitrogens with zero attached hydrogens (tertiary/aromatic N) is 2. The lowest BCUT2D eigenvalue weighted by Crippen LogP contribution is -2.24. The number of benzene rings is 1. The molecule has 0 aliphatic heterocycles. The molecule has 2 rings (SSSR count). The van der Waals surface area contributed by atoms with Crippen LogP contribution in [-0.2, 0) is 4.79 Å². The number of aromatic nitrogens is 2. The summed E-state index contributed by atoms with van der Waals surface area (Å²) in [6.45, 7) is 3.69. The molecule has 1 heterocycles. The van der Waals surface area contributed by atoms with Gasteiger partial charge in [-0.3, -0.25) is 4.79 Å². The number of anilines is 1. The van der Waals surface area contributed by atoms with Crippen molar-refractivity contribution in [3.05, 3.63) is 48.0 Å². The predicted molar refractivity (Wildman–Crippen MR) is 82.6 cm³/mol. The van der Waals surface area contributed by atoms with E-state index in [1.54, 1.807) is 36.7 Å². The fraction of sp³-hybridized carbons (Fsp3) is 0.214. The van der Waals surface area contributed by atoms with Crippen LogP contribution in [0.3, 0.4) is 0 Å². The largest absolute Gasteiger partial charge is 0.389 e. The van der Waals surface area contributed by atoms with Gasteiger partial charge >= 0.3 is 0 Å². The molecule has 20 heavy (non-hydrogen) atoms. The molecule has 0 saturated heterocycles. The van der Waals surface area contributed by atoms with E-state index in [4.69, 9.17) is 18.0 Å². The SMILES string of the molecule is Cc1nccn1C(C)C(=O)Nc1ccc(C(N)=S)cc1. The van der Waals surface area contributed by atoms with Crippen LogP contribution in [0.2, 0.25) is 0 Å². The number of aryl methyl sites for hydroxylation is 1. The van der Waals surface area contributed by atoms with Crippen molar-refractivity contribution in [3.8, 4) is 0 Å². The number of nitrogens with one attached hydrogen (secondary N) is 1. The van der Waals surface area contributed by atoms with Crippen LogP contribution >= 0.6 is 12.2 Å². The Morgan fingerprint density at radius 3 is 2.55 bits per heavy atom.